The Kier molecular flexibility index (Phi) is 4.78. The summed E-state index contributed by atoms with van der Waals surface area (Å²) in [6.45, 7) is 3.08. The minimum atomic E-state index is 0.185. The fraction of sp³-hybridized carbons (Fsp3) is 0.353. The van der Waals surface area contributed by atoms with E-state index < -0.39 is 0 Å². The molecule has 0 spiro atoms. The van der Waals surface area contributed by atoms with Gasteiger partial charge < -0.3 is 10.1 Å². The maximum absolute atomic E-state index is 6.22. The summed E-state index contributed by atoms with van der Waals surface area (Å²) in [7, 11) is 0. The lowest BCUT2D eigenvalue weighted by molar-refractivity contribution is 0.166. The summed E-state index contributed by atoms with van der Waals surface area (Å²) in [6, 6.07) is 12.7. The van der Waals surface area contributed by atoms with E-state index >= 15 is 0 Å². The number of ether oxygens (including phenoxy) is 1. The first-order valence-corrected chi connectivity index (χ1v) is 8.36. The van der Waals surface area contributed by atoms with E-state index in [2.05, 4.69) is 41.5 Å². The molecular formula is C17H20N2OS. The maximum Gasteiger partial charge on any atom is 0.133 e. The van der Waals surface area contributed by atoms with Crippen molar-refractivity contribution >= 4 is 11.8 Å². The minimum absolute atomic E-state index is 0.185. The summed E-state index contributed by atoms with van der Waals surface area (Å²) < 4.78 is 6.22. The Bertz CT molecular complexity index is 576. The molecule has 0 saturated carbocycles. The first kappa shape index (κ1) is 14.4. The number of thioether (sulfide) groups is 1. The second-order valence-electron chi connectivity index (χ2n) is 5.14. The van der Waals surface area contributed by atoms with Crippen molar-refractivity contribution in [3.8, 4) is 5.75 Å². The smallest absolute Gasteiger partial charge is 0.133 e. The van der Waals surface area contributed by atoms with Crippen LogP contribution in [0, 0.1) is 0 Å². The molecule has 2 atom stereocenters. The molecule has 2 unspecified atom stereocenters. The zero-order valence-corrected chi connectivity index (χ0v) is 13.0. The highest BCUT2D eigenvalue weighted by molar-refractivity contribution is 7.99. The van der Waals surface area contributed by atoms with Crippen molar-refractivity contribution in [3.05, 3.63) is 54.4 Å². The standard InChI is InChI=1S/C17H20N2OS/c1-2-19-14(10-13-6-5-9-18-11-13)16-12-21-17-8-4-3-7-15(17)20-16/h3-9,11,14,16,19H,2,10,12H2,1H3. The summed E-state index contributed by atoms with van der Waals surface area (Å²) in [5.74, 6) is 1.99. The van der Waals surface area contributed by atoms with Gasteiger partial charge in [0.25, 0.3) is 0 Å². The quantitative estimate of drug-likeness (QED) is 0.920. The Hall–Kier alpha value is -1.52. The van der Waals surface area contributed by atoms with Gasteiger partial charge in [-0.25, -0.2) is 0 Å². The third-order valence-corrected chi connectivity index (χ3v) is 4.77. The van der Waals surface area contributed by atoms with Crippen molar-refractivity contribution in [2.45, 2.75) is 30.4 Å². The van der Waals surface area contributed by atoms with E-state index in [1.54, 1.807) is 0 Å². The summed E-state index contributed by atoms with van der Waals surface area (Å²) in [4.78, 5) is 5.45. The molecule has 1 aliphatic heterocycles. The molecule has 110 valence electrons. The van der Waals surface area contributed by atoms with E-state index in [0.717, 1.165) is 24.5 Å². The molecule has 3 nitrogen and oxygen atoms in total. The van der Waals surface area contributed by atoms with Crippen LogP contribution in [-0.2, 0) is 6.42 Å². The van der Waals surface area contributed by atoms with Gasteiger partial charge in [-0.2, -0.15) is 0 Å². The topological polar surface area (TPSA) is 34.2 Å². The molecule has 2 aromatic rings. The third-order valence-electron chi connectivity index (χ3n) is 3.62. The van der Waals surface area contributed by atoms with Crippen LogP contribution in [0.3, 0.4) is 0 Å². The number of nitrogens with one attached hydrogen (secondary N) is 1. The van der Waals surface area contributed by atoms with E-state index in [1.807, 2.05) is 36.3 Å². The number of benzene rings is 1. The SMILES string of the molecule is CCNC(Cc1cccnc1)C1CSc2ccccc2O1. The van der Waals surface area contributed by atoms with Crippen LogP contribution in [0.1, 0.15) is 12.5 Å². The molecule has 1 aromatic carbocycles. The van der Waals surface area contributed by atoms with Crippen LogP contribution in [0.5, 0.6) is 5.75 Å². The molecule has 0 radical (unpaired) electrons. The van der Waals surface area contributed by atoms with E-state index in [9.17, 15) is 0 Å². The van der Waals surface area contributed by atoms with Crippen molar-refractivity contribution in [2.24, 2.45) is 0 Å². The normalized spacial score (nSPS) is 18.6. The number of aromatic nitrogens is 1. The molecule has 3 rings (SSSR count). The molecular weight excluding hydrogens is 280 g/mol. The van der Waals surface area contributed by atoms with Gasteiger partial charge in [-0.05, 0) is 36.7 Å². The molecule has 0 saturated heterocycles. The Morgan fingerprint density at radius 1 is 1.33 bits per heavy atom. The monoisotopic (exact) mass is 300 g/mol. The van der Waals surface area contributed by atoms with E-state index in [-0.39, 0.29) is 6.10 Å². The predicted molar refractivity (Wildman–Crippen MR) is 87.0 cm³/mol. The number of fused-ring (bicyclic) bond motifs is 1. The second-order valence-corrected chi connectivity index (χ2v) is 6.21. The molecule has 21 heavy (non-hydrogen) atoms. The maximum atomic E-state index is 6.22. The van der Waals surface area contributed by atoms with Crippen LogP contribution < -0.4 is 10.1 Å². The molecule has 1 aliphatic rings. The zero-order chi connectivity index (χ0) is 14.5. The van der Waals surface area contributed by atoms with Gasteiger partial charge in [0.1, 0.15) is 11.9 Å². The van der Waals surface area contributed by atoms with E-state index in [4.69, 9.17) is 4.74 Å². The number of hydrogen-bond donors (Lipinski definition) is 1. The lowest BCUT2D eigenvalue weighted by atomic mass is 10.0. The van der Waals surface area contributed by atoms with Crippen molar-refractivity contribution in [3.63, 3.8) is 0 Å². The lowest BCUT2D eigenvalue weighted by Gasteiger charge is -2.32. The Morgan fingerprint density at radius 2 is 2.24 bits per heavy atom. The van der Waals surface area contributed by atoms with Gasteiger partial charge in [0, 0.05) is 29.1 Å². The number of pyridine rings is 1. The van der Waals surface area contributed by atoms with Crippen LogP contribution in [0.2, 0.25) is 0 Å². The summed E-state index contributed by atoms with van der Waals surface area (Å²) >= 11 is 1.88. The molecule has 2 heterocycles. The fourth-order valence-electron chi connectivity index (χ4n) is 2.60. The first-order valence-electron chi connectivity index (χ1n) is 7.37. The van der Waals surface area contributed by atoms with Gasteiger partial charge in [-0.15, -0.1) is 11.8 Å². The Morgan fingerprint density at radius 3 is 3.05 bits per heavy atom. The lowest BCUT2D eigenvalue weighted by Crippen LogP contribution is -2.47. The summed E-state index contributed by atoms with van der Waals surface area (Å²) in [5, 5.41) is 3.57. The number of rotatable bonds is 5. The molecule has 1 N–H and O–H groups in total. The van der Waals surface area contributed by atoms with Crippen molar-refractivity contribution in [1.29, 1.82) is 0 Å². The fourth-order valence-corrected chi connectivity index (χ4v) is 3.68. The number of nitrogens with zero attached hydrogens (tertiary/aromatic N) is 1. The average molecular weight is 300 g/mol. The molecule has 0 amide bonds. The Labute approximate surface area is 130 Å². The van der Waals surface area contributed by atoms with E-state index in [0.29, 0.717) is 6.04 Å². The summed E-state index contributed by atoms with van der Waals surface area (Å²) in [5.41, 5.74) is 1.25. The van der Waals surface area contributed by atoms with Gasteiger partial charge in [0.15, 0.2) is 0 Å². The van der Waals surface area contributed by atoms with Crippen LogP contribution in [0.4, 0.5) is 0 Å². The molecule has 0 aliphatic carbocycles. The number of likely N-dealkylation sites (N-methyl/N-ethyl adjacent to an activating group) is 1. The van der Waals surface area contributed by atoms with Crippen LogP contribution >= 0.6 is 11.8 Å². The van der Waals surface area contributed by atoms with Gasteiger partial charge in [-0.1, -0.05) is 25.1 Å². The van der Waals surface area contributed by atoms with Gasteiger partial charge >= 0.3 is 0 Å². The predicted octanol–water partition coefficient (Wildman–Crippen LogP) is 3.16. The van der Waals surface area contributed by atoms with E-state index in [1.165, 1.54) is 10.5 Å². The number of para-hydroxylation sites is 1. The van der Waals surface area contributed by atoms with Crippen molar-refractivity contribution in [2.75, 3.05) is 12.3 Å². The Balaban J connectivity index is 1.73. The summed E-state index contributed by atoms with van der Waals surface area (Å²) in [6.07, 6.45) is 4.88. The highest BCUT2D eigenvalue weighted by atomic mass is 32.2. The number of hydrogen-bond acceptors (Lipinski definition) is 4. The van der Waals surface area contributed by atoms with Crippen LogP contribution in [0.25, 0.3) is 0 Å². The van der Waals surface area contributed by atoms with Gasteiger partial charge in [0.05, 0.1) is 0 Å². The highest BCUT2D eigenvalue weighted by Crippen LogP contribution is 2.36. The third kappa shape index (κ3) is 3.57. The minimum Gasteiger partial charge on any atom is -0.487 e. The molecule has 1 aromatic heterocycles. The van der Waals surface area contributed by atoms with Crippen LogP contribution in [-0.4, -0.2) is 29.4 Å². The van der Waals surface area contributed by atoms with Gasteiger partial charge in [-0.3, -0.25) is 4.98 Å². The largest absolute Gasteiger partial charge is 0.487 e. The zero-order valence-electron chi connectivity index (χ0n) is 12.2. The van der Waals surface area contributed by atoms with Gasteiger partial charge in [0.2, 0.25) is 0 Å². The second kappa shape index (κ2) is 6.96. The average Bonchev–Trinajstić information content (AvgIpc) is 2.55. The molecule has 0 fully saturated rings. The van der Waals surface area contributed by atoms with Crippen LogP contribution in [0.15, 0.2) is 53.7 Å². The van der Waals surface area contributed by atoms with Crippen molar-refractivity contribution in [1.82, 2.24) is 10.3 Å². The highest BCUT2D eigenvalue weighted by Gasteiger charge is 2.27. The molecule has 4 heteroatoms. The first-order chi connectivity index (χ1) is 10.4. The molecule has 0 bridgehead atoms. The van der Waals surface area contributed by atoms with Crippen molar-refractivity contribution < 1.29 is 4.74 Å².